The van der Waals surface area contributed by atoms with Crippen molar-refractivity contribution in [3.05, 3.63) is 35.0 Å². The van der Waals surface area contributed by atoms with Gasteiger partial charge in [-0.3, -0.25) is 4.99 Å². The lowest BCUT2D eigenvalue weighted by Gasteiger charge is -2.45. The number of benzodiazepines with no additional fused rings is 1. The van der Waals surface area contributed by atoms with Crippen LogP contribution in [0.5, 0.6) is 0 Å². The Morgan fingerprint density at radius 2 is 2.07 bits per heavy atom. The van der Waals surface area contributed by atoms with Crippen LogP contribution >= 0.6 is 0 Å². The minimum Gasteiger partial charge on any atom is -0.627 e. The first-order valence-corrected chi connectivity index (χ1v) is 5.33. The van der Waals surface area contributed by atoms with Gasteiger partial charge in [0.2, 0.25) is 0 Å². The van der Waals surface area contributed by atoms with Crippen LogP contribution in [-0.4, -0.2) is 25.3 Å². The largest absolute Gasteiger partial charge is 0.627 e. The Bertz CT molecular complexity index is 387. The molecule has 3 heteroatoms. The van der Waals surface area contributed by atoms with Gasteiger partial charge in [-0.2, -0.15) is 0 Å². The quantitative estimate of drug-likeness (QED) is 0.511. The maximum atomic E-state index is 12.7. The van der Waals surface area contributed by atoms with E-state index in [1.54, 1.807) is 0 Å². The summed E-state index contributed by atoms with van der Waals surface area (Å²) in [5.74, 6) is 0. The average molecular weight is 204 g/mol. The fraction of sp³-hybridized carbons (Fsp3) is 0.417. The highest BCUT2D eigenvalue weighted by Crippen LogP contribution is 2.29. The van der Waals surface area contributed by atoms with Gasteiger partial charge in [-0.25, -0.2) is 0 Å². The van der Waals surface area contributed by atoms with Gasteiger partial charge in [0.1, 0.15) is 12.2 Å². The van der Waals surface area contributed by atoms with Crippen LogP contribution in [0.15, 0.2) is 29.3 Å². The molecule has 15 heavy (non-hydrogen) atoms. The zero-order chi connectivity index (χ0) is 10.9. The molecule has 1 unspecified atom stereocenters. The molecule has 3 nitrogen and oxygen atoms in total. The molecule has 1 aliphatic rings. The molecule has 0 bridgehead atoms. The summed E-state index contributed by atoms with van der Waals surface area (Å²) in [4.78, 5) is 4.25. The van der Waals surface area contributed by atoms with E-state index >= 15 is 0 Å². The first-order valence-electron chi connectivity index (χ1n) is 5.33. The van der Waals surface area contributed by atoms with Gasteiger partial charge in [0, 0.05) is 12.3 Å². The summed E-state index contributed by atoms with van der Waals surface area (Å²) in [6.07, 6.45) is 1.82. The Kier molecular flexibility index (Phi) is 2.59. The molecule has 0 aromatic heterocycles. The maximum absolute atomic E-state index is 12.7. The van der Waals surface area contributed by atoms with Crippen molar-refractivity contribution in [1.82, 2.24) is 4.65 Å². The molecule has 1 aromatic rings. The second-order valence-electron chi connectivity index (χ2n) is 4.21. The monoisotopic (exact) mass is 204 g/mol. The third-order valence-corrected chi connectivity index (χ3v) is 2.97. The molecule has 0 aliphatic carbocycles. The molecule has 1 aliphatic heterocycles. The van der Waals surface area contributed by atoms with Crippen molar-refractivity contribution < 1.29 is 0 Å². The average Bonchev–Trinajstić information content (AvgIpc) is 2.40. The number of hydrogen-bond acceptors (Lipinski definition) is 2. The highest BCUT2D eigenvalue weighted by atomic mass is 16.5. The summed E-state index contributed by atoms with van der Waals surface area (Å²) in [6, 6.07) is 7.77. The lowest BCUT2D eigenvalue weighted by molar-refractivity contribution is 0.317. The van der Waals surface area contributed by atoms with Crippen molar-refractivity contribution in [2.45, 2.75) is 19.9 Å². The molecule has 80 valence electrons. The van der Waals surface area contributed by atoms with E-state index in [1.165, 1.54) is 0 Å². The highest BCUT2D eigenvalue weighted by Gasteiger charge is 2.27. The van der Waals surface area contributed by atoms with Crippen LogP contribution in [0.2, 0.25) is 0 Å². The highest BCUT2D eigenvalue weighted by molar-refractivity contribution is 5.88. The molecule has 0 amide bonds. The molecule has 1 aromatic carbocycles. The van der Waals surface area contributed by atoms with Gasteiger partial charge in [0.05, 0.1) is 18.2 Å². The van der Waals surface area contributed by atoms with E-state index in [9.17, 15) is 5.21 Å². The zero-order valence-corrected chi connectivity index (χ0v) is 9.18. The van der Waals surface area contributed by atoms with Crippen LogP contribution in [0, 0.1) is 5.21 Å². The Labute approximate surface area is 90.2 Å². The Morgan fingerprint density at radius 1 is 1.33 bits per heavy atom. The second kappa shape index (κ2) is 3.76. The lowest BCUT2D eigenvalue weighted by Crippen LogP contribution is -2.50. The molecule has 0 radical (unpaired) electrons. The van der Waals surface area contributed by atoms with Crippen molar-refractivity contribution in [3.63, 3.8) is 0 Å². The Balaban J connectivity index is 2.55. The number of benzene rings is 1. The Hall–Kier alpha value is -1.19. The molecule has 2 rings (SSSR count). The summed E-state index contributed by atoms with van der Waals surface area (Å²) in [5, 5.41) is 12.7. The maximum Gasteiger partial charge on any atom is 0.141 e. The van der Waals surface area contributed by atoms with Gasteiger partial charge in [-0.05, 0) is 19.9 Å². The molecule has 0 N–H and O–H groups in total. The number of fused-ring (bicyclic) bond motifs is 1. The lowest BCUT2D eigenvalue weighted by atomic mass is 10.1. The van der Waals surface area contributed by atoms with Crippen LogP contribution in [0.3, 0.4) is 0 Å². The van der Waals surface area contributed by atoms with Gasteiger partial charge < -0.3 is 9.85 Å². The Morgan fingerprint density at radius 3 is 2.80 bits per heavy atom. The topological polar surface area (TPSA) is 35.4 Å². The van der Waals surface area contributed by atoms with E-state index in [0.29, 0.717) is 13.1 Å². The fourth-order valence-corrected chi connectivity index (χ4v) is 1.97. The van der Waals surface area contributed by atoms with Crippen molar-refractivity contribution in [3.8, 4) is 0 Å². The number of hydroxylamine groups is 2. The van der Waals surface area contributed by atoms with E-state index < -0.39 is 0 Å². The van der Waals surface area contributed by atoms with Crippen LogP contribution in [0.4, 0.5) is 5.69 Å². The van der Waals surface area contributed by atoms with E-state index in [-0.39, 0.29) is 10.7 Å². The van der Waals surface area contributed by atoms with Crippen LogP contribution in [0.25, 0.3) is 0 Å². The third-order valence-electron chi connectivity index (χ3n) is 2.97. The molecule has 1 atom stereocenters. The number of hydrogen-bond donors (Lipinski definition) is 0. The molecular formula is C12H16N2O. The minimum absolute atomic E-state index is 0.0350. The van der Waals surface area contributed by atoms with Crippen LogP contribution in [-0.2, 0) is 0 Å². The molecule has 1 heterocycles. The van der Waals surface area contributed by atoms with E-state index in [2.05, 4.69) is 4.99 Å². The summed E-state index contributed by atoms with van der Waals surface area (Å²) in [5.41, 5.74) is 1.80. The van der Waals surface area contributed by atoms with E-state index in [0.717, 1.165) is 11.3 Å². The zero-order valence-electron chi connectivity index (χ0n) is 9.18. The SMILES string of the molecule is CC(C)[N+]1([O-])CCN=Cc2ccccc21. The van der Waals surface area contributed by atoms with E-state index in [4.69, 9.17) is 0 Å². The van der Waals surface area contributed by atoms with Gasteiger partial charge in [-0.1, -0.05) is 12.1 Å². The van der Waals surface area contributed by atoms with Gasteiger partial charge in [0.15, 0.2) is 0 Å². The minimum atomic E-state index is -0.268. The predicted molar refractivity (Wildman–Crippen MR) is 64.1 cm³/mol. The molecule has 0 spiro atoms. The normalized spacial score (nSPS) is 25.1. The number of nitrogens with zero attached hydrogens (tertiary/aromatic N) is 2. The predicted octanol–water partition coefficient (Wildman–Crippen LogP) is 2.33. The summed E-state index contributed by atoms with van der Waals surface area (Å²) in [7, 11) is 0. The first-order chi connectivity index (χ1) is 7.14. The molecular weight excluding hydrogens is 188 g/mol. The van der Waals surface area contributed by atoms with Crippen LogP contribution < -0.4 is 4.65 Å². The van der Waals surface area contributed by atoms with Crippen LogP contribution in [0.1, 0.15) is 19.4 Å². The number of quaternary nitrogens is 1. The van der Waals surface area contributed by atoms with Crippen molar-refractivity contribution in [2.24, 2.45) is 4.99 Å². The number of rotatable bonds is 1. The van der Waals surface area contributed by atoms with Gasteiger partial charge >= 0.3 is 0 Å². The molecule has 0 fully saturated rings. The van der Waals surface area contributed by atoms with Gasteiger partial charge in [-0.15, -0.1) is 0 Å². The molecule has 0 saturated heterocycles. The van der Waals surface area contributed by atoms with Crippen molar-refractivity contribution in [2.75, 3.05) is 13.1 Å². The third kappa shape index (κ3) is 1.68. The summed E-state index contributed by atoms with van der Waals surface area (Å²) >= 11 is 0. The summed E-state index contributed by atoms with van der Waals surface area (Å²) < 4.78 is -0.268. The van der Waals surface area contributed by atoms with Gasteiger partial charge in [0.25, 0.3) is 0 Å². The van der Waals surface area contributed by atoms with Crippen molar-refractivity contribution in [1.29, 1.82) is 0 Å². The number of aliphatic imine (C=N–C) groups is 1. The van der Waals surface area contributed by atoms with E-state index in [1.807, 2.05) is 44.3 Å². The standard InChI is InChI=1S/C12H16N2O/c1-10(2)14(15)8-7-13-9-11-5-3-4-6-12(11)14/h3-6,9-10H,7-8H2,1-2H3. The van der Waals surface area contributed by atoms with Crippen molar-refractivity contribution >= 4 is 11.9 Å². The fourth-order valence-electron chi connectivity index (χ4n) is 1.97. The first kappa shape index (κ1) is 10.3. The molecule has 0 saturated carbocycles. The summed E-state index contributed by atoms with van der Waals surface area (Å²) in [6.45, 7) is 5.08. The second-order valence-corrected chi connectivity index (χ2v) is 4.21. The smallest absolute Gasteiger partial charge is 0.141 e. The number of para-hydroxylation sites is 1.